The van der Waals surface area contributed by atoms with Crippen LogP contribution < -0.4 is 0 Å². The molecule has 2 aromatic rings. The summed E-state index contributed by atoms with van der Waals surface area (Å²) in [6, 6.07) is 18.0. The van der Waals surface area contributed by atoms with Crippen molar-refractivity contribution in [2.45, 2.75) is 6.92 Å². The second-order valence-corrected chi connectivity index (χ2v) is 3.60. The standard InChI is InChI=1S/C14H13NO/c1-11(15-16)13-9-5-6-10-14(13)12-7-3-2-4-8-12/h2-10,16H,1H3. The zero-order valence-corrected chi connectivity index (χ0v) is 9.09. The fraction of sp³-hybridized carbons (Fsp3) is 0.0714. The van der Waals surface area contributed by atoms with E-state index in [1.54, 1.807) is 6.92 Å². The SMILES string of the molecule is CC(=NO)c1ccccc1-c1ccccc1. The first kappa shape index (κ1) is 10.4. The first-order valence-corrected chi connectivity index (χ1v) is 5.16. The molecular weight excluding hydrogens is 198 g/mol. The third-order valence-corrected chi connectivity index (χ3v) is 2.55. The predicted octanol–water partition coefficient (Wildman–Crippen LogP) is 3.55. The molecule has 0 radical (unpaired) electrons. The van der Waals surface area contributed by atoms with Crippen molar-refractivity contribution in [2.75, 3.05) is 0 Å². The maximum Gasteiger partial charge on any atom is 0.0843 e. The van der Waals surface area contributed by atoms with Gasteiger partial charge in [0.25, 0.3) is 0 Å². The van der Waals surface area contributed by atoms with Crippen LogP contribution in [0.2, 0.25) is 0 Å². The minimum absolute atomic E-state index is 0.624. The molecule has 2 aromatic carbocycles. The minimum atomic E-state index is 0.624. The molecule has 0 heterocycles. The van der Waals surface area contributed by atoms with Crippen LogP contribution in [0.5, 0.6) is 0 Å². The van der Waals surface area contributed by atoms with Crippen molar-refractivity contribution in [3.05, 3.63) is 60.2 Å². The third kappa shape index (κ3) is 1.96. The Morgan fingerprint density at radius 2 is 1.56 bits per heavy atom. The van der Waals surface area contributed by atoms with Gasteiger partial charge in [0.15, 0.2) is 0 Å². The van der Waals surface area contributed by atoms with E-state index in [9.17, 15) is 0 Å². The van der Waals surface area contributed by atoms with E-state index in [-0.39, 0.29) is 0 Å². The molecule has 2 rings (SSSR count). The lowest BCUT2D eigenvalue weighted by molar-refractivity contribution is 0.319. The second-order valence-electron chi connectivity index (χ2n) is 3.60. The van der Waals surface area contributed by atoms with E-state index in [1.165, 1.54) is 0 Å². The van der Waals surface area contributed by atoms with E-state index in [4.69, 9.17) is 5.21 Å². The van der Waals surface area contributed by atoms with E-state index >= 15 is 0 Å². The van der Waals surface area contributed by atoms with E-state index in [0.29, 0.717) is 5.71 Å². The molecule has 0 saturated heterocycles. The van der Waals surface area contributed by atoms with Gasteiger partial charge >= 0.3 is 0 Å². The fourth-order valence-corrected chi connectivity index (χ4v) is 1.72. The molecule has 0 aromatic heterocycles. The van der Waals surface area contributed by atoms with Gasteiger partial charge in [-0.3, -0.25) is 0 Å². The summed E-state index contributed by atoms with van der Waals surface area (Å²) in [5.74, 6) is 0. The molecular formula is C14H13NO. The summed E-state index contributed by atoms with van der Waals surface area (Å²) in [7, 11) is 0. The fourth-order valence-electron chi connectivity index (χ4n) is 1.72. The van der Waals surface area contributed by atoms with Crippen LogP contribution in [0.4, 0.5) is 0 Å². The summed E-state index contributed by atoms with van der Waals surface area (Å²) in [5.41, 5.74) is 3.79. The number of nitrogens with zero attached hydrogens (tertiary/aromatic N) is 1. The molecule has 0 amide bonds. The van der Waals surface area contributed by atoms with Crippen molar-refractivity contribution in [1.82, 2.24) is 0 Å². The number of rotatable bonds is 2. The van der Waals surface area contributed by atoms with Gasteiger partial charge in [-0.05, 0) is 18.1 Å². The number of hydrogen-bond acceptors (Lipinski definition) is 2. The van der Waals surface area contributed by atoms with Crippen LogP contribution in [0, 0.1) is 0 Å². The Kier molecular flexibility index (Phi) is 3.01. The van der Waals surface area contributed by atoms with Gasteiger partial charge in [0.05, 0.1) is 5.71 Å². The first-order chi connectivity index (χ1) is 7.83. The Balaban J connectivity index is 2.58. The molecule has 0 aliphatic rings. The van der Waals surface area contributed by atoms with E-state index in [0.717, 1.165) is 16.7 Å². The Hall–Kier alpha value is -2.09. The molecule has 0 spiro atoms. The highest BCUT2D eigenvalue weighted by atomic mass is 16.4. The lowest BCUT2D eigenvalue weighted by Gasteiger charge is -2.07. The highest BCUT2D eigenvalue weighted by Gasteiger charge is 2.06. The average molecular weight is 211 g/mol. The van der Waals surface area contributed by atoms with Gasteiger partial charge in [0.1, 0.15) is 0 Å². The maximum atomic E-state index is 8.85. The summed E-state index contributed by atoms with van der Waals surface area (Å²) in [6.45, 7) is 1.79. The smallest absolute Gasteiger partial charge is 0.0843 e. The molecule has 0 bridgehead atoms. The number of hydrogen-bond donors (Lipinski definition) is 1. The maximum absolute atomic E-state index is 8.85. The molecule has 0 aliphatic carbocycles. The quantitative estimate of drug-likeness (QED) is 0.460. The molecule has 2 nitrogen and oxygen atoms in total. The van der Waals surface area contributed by atoms with Crippen LogP contribution in [0.1, 0.15) is 12.5 Å². The lowest BCUT2D eigenvalue weighted by Crippen LogP contribution is -1.97. The van der Waals surface area contributed by atoms with Crippen LogP contribution >= 0.6 is 0 Å². The highest BCUT2D eigenvalue weighted by molar-refractivity contribution is 6.04. The van der Waals surface area contributed by atoms with Gasteiger partial charge in [-0.15, -0.1) is 0 Å². The van der Waals surface area contributed by atoms with E-state index in [2.05, 4.69) is 5.16 Å². The van der Waals surface area contributed by atoms with Gasteiger partial charge in [-0.25, -0.2) is 0 Å². The first-order valence-electron chi connectivity index (χ1n) is 5.16. The summed E-state index contributed by atoms with van der Waals surface area (Å²) in [5, 5.41) is 12.1. The van der Waals surface area contributed by atoms with Gasteiger partial charge in [-0.2, -0.15) is 0 Å². The molecule has 1 N–H and O–H groups in total. The molecule has 0 fully saturated rings. The average Bonchev–Trinajstić information content (AvgIpc) is 2.39. The Bertz CT molecular complexity index is 503. The summed E-state index contributed by atoms with van der Waals surface area (Å²) < 4.78 is 0. The summed E-state index contributed by atoms with van der Waals surface area (Å²) in [6.07, 6.45) is 0. The lowest BCUT2D eigenvalue weighted by atomic mass is 9.97. The Morgan fingerprint density at radius 1 is 0.938 bits per heavy atom. The largest absolute Gasteiger partial charge is 0.411 e. The molecule has 16 heavy (non-hydrogen) atoms. The number of benzene rings is 2. The van der Waals surface area contributed by atoms with Crippen molar-refractivity contribution in [2.24, 2.45) is 5.16 Å². The molecule has 0 aliphatic heterocycles. The van der Waals surface area contributed by atoms with Crippen LogP contribution in [0.15, 0.2) is 59.8 Å². The summed E-state index contributed by atoms with van der Waals surface area (Å²) >= 11 is 0. The van der Waals surface area contributed by atoms with Crippen LogP contribution in [0.3, 0.4) is 0 Å². The van der Waals surface area contributed by atoms with Gasteiger partial charge in [-0.1, -0.05) is 59.8 Å². The van der Waals surface area contributed by atoms with Gasteiger partial charge in [0.2, 0.25) is 0 Å². The van der Waals surface area contributed by atoms with Crippen LogP contribution in [-0.4, -0.2) is 10.9 Å². The Morgan fingerprint density at radius 3 is 2.25 bits per heavy atom. The van der Waals surface area contributed by atoms with Crippen molar-refractivity contribution in [3.63, 3.8) is 0 Å². The van der Waals surface area contributed by atoms with Gasteiger partial charge in [0, 0.05) is 5.56 Å². The Labute approximate surface area is 94.9 Å². The molecule has 2 heteroatoms. The highest BCUT2D eigenvalue weighted by Crippen LogP contribution is 2.23. The molecule has 0 unspecified atom stereocenters. The second kappa shape index (κ2) is 4.62. The normalized spacial score (nSPS) is 11.4. The third-order valence-electron chi connectivity index (χ3n) is 2.55. The zero-order chi connectivity index (χ0) is 11.4. The van der Waals surface area contributed by atoms with E-state index < -0.39 is 0 Å². The monoisotopic (exact) mass is 211 g/mol. The van der Waals surface area contributed by atoms with E-state index in [1.807, 2.05) is 54.6 Å². The van der Waals surface area contributed by atoms with Crippen LogP contribution in [0.25, 0.3) is 11.1 Å². The summed E-state index contributed by atoms with van der Waals surface area (Å²) in [4.78, 5) is 0. The predicted molar refractivity (Wildman–Crippen MR) is 65.9 cm³/mol. The minimum Gasteiger partial charge on any atom is -0.411 e. The molecule has 0 saturated carbocycles. The molecule has 0 atom stereocenters. The van der Waals surface area contributed by atoms with Crippen molar-refractivity contribution in [1.29, 1.82) is 0 Å². The van der Waals surface area contributed by atoms with Crippen molar-refractivity contribution >= 4 is 5.71 Å². The van der Waals surface area contributed by atoms with Crippen LogP contribution in [-0.2, 0) is 0 Å². The topological polar surface area (TPSA) is 32.6 Å². The van der Waals surface area contributed by atoms with Crippen molar-refractivity contribution < 1.29 is 5.21 Å². The number of oxime groups is 1. The molecule has 80 valence electrons. The van der Waals surface area contributed by atoms with Crippen molar-refractivity contribution in [3.8, 4) is 11.1 Å². The zero-order valence-electron chi connectivity index (χ0n) is 9.09. The van der Waals surface area contributed by atoms with Gasteiger partial charge < -0.3 is 5.21 Å².